The van der Waals surface area contributed by atoms with Gasteiger partial charge in [0.2, 0.25) is 0 Å². The van der Waals surface area contributed by atoms with Crippen LogP contribution in [0.4, 0.5) is 0 Å². The molecule has 0 spiro atoms. The minimum atomic E-state index is -3.70. The lowest BCUT2D eigenvalue weighted by atomic mass is 10.1. The van der Waals surface area contributed by atoms with Gasteiger partial charge in [0.15, 0.2) is 9.84 Å². The van der Waals surface area contributed by atoms with Gasteiger partial charge in [-0.15, -0.1) is 11.3 Å². The third kappa shape index (κ3) is 4.55. The van der Waals surface area contributed by atoms with Gasteiger partial charge >= 0.3 is 11.8 Å². The first-order valence-electron chi connectivity index (χ1n) is 8.47. The molecular weight excluding hydrogens is 388 g/mol. The molecule has 0 aliphatic carbocycles. The van der Waals surface area contributed by atoms with Gasteiger partial charge in [0.05, 0.1) is 13.2 Å². The lowest BCUT2D eigenvalue weighted by molar-refractivity contribution is -0.148. The molecule has 1 aromatic heterocycles. The number of sulfone groups is 1. The molecule has 144 valence electrons. The van der Waals surface area contributed by atoms with E-state index in [2.05, 4.69) is 5.32 Å². The predicted octanol–water partition coefficient (Wildman–Crippen LogP) is 1.24. The quantitative estimate of drug-likeness (QED) is 0.752. The van der Waals surface area contributed by atoms with Crippen LogP contribution in [0.2, 0.25) is 0 Å². The Morgan fingerprint density at radius 2 is 1.81 bits per heavy atom. The highest BCUT2D eigenvalue weighted by Gasteiger charge is 2.32. The lowest BCUT2D eigenvalue weighted by Crippen LogP contribution is -2.48. The summed E-state index contributed by atoms with van der Waals surface area (Å²) in [5, 5.41) is 3.22. The Balaban J connectivity index is 1.76. The average Bonchev–Trinajstić information content (AvgIpc) is 3.24. The third-order valence-corrected chi connectivity index (χ3v) is 7.79. The van der Waals surface area contributed by atoms with Crippen molar-refractivity contribution in [2.45, 2.75) is 9.46 Å². The first kappa shape index (κ1) is 19.5. The fraction of sp³-hybridized carbons (Fsp3) is 0.333. The zero-order chi connectivity index (χ0) is 19.3. The predicted molar refractivity (Wildman–Crippen MR) is 101 cm³/mol. The summed E-state index contributed by atoms with van der Waals surface area (Å²) >= 11 is 1.13. The number of morpholine rings is 1. The monoisotopic (exact) mass is 408 g/mol. The van der Waals surface area contributed by atoms with Crippen molar-refractivity contribution in [3.8, 4) is 0 Å². The van der Waals surface area contributed by atoms with Gasteiger partial charge in [-0.3, -0.25) is 9.59 Å². The number of benzene rings is 1. The molecule has 0 bridgehead atoms. The van der Waals surface area contributed by atoms with E-state index >= 15 is 0 Å². The topological polar surface area (TPSA) is 92.8 Å². The summed E-state index contributed by atoms with van der Waals surface area (Å²) in [6.07, 6.45) is 0. The normalized spacial score (nSPS) is 15.9. The molecule has 0 radical (unpaired) electrons. The highest BCUT2D eigenvalue weighted by molar-refractivity contribution is 7.93. The maximum atomic E-state index is 13.0. The van der Waals surface area contributed by atoms with Gasteiger partial charge in [-0.1, -0.05) is 36.4 Å². The van der Waals surface area contributed by atoms with Gasteiger partial charge in [0.1, 0.15) is 9.46 Å². The Morgan fingerprint density at radius 1 is 1.11 bits per heavy atom. The van der Waals surface area contributed by atoms with Gasteiger partial charge in [-0.2, -0.15) is 0 Å². The van der Waals surface area contributed by atoms with Crippen LogP contribution in [0.1, 0.15) is 10.8 Å². The molecule has 9 heteroatoms. The molecular formula is C18H20N2O5S2. The molecule has 1 aliphatic heterocycles. The summed E-state index contributed by atoms with van der Waals surface area (Å²) in [4.78, 5) is 25.9. The highest BCUT2D eigenvalue weighted by atomic mass is 32.2. The van der Waals surface area contributed by atoms with Crippen molar-refractivity contribution in [1.29, 1.82) is 0 Å². The summed E-state index contributed by atoms with van der Waals surface area (Å²) in [5.74, 6) is -1.47. The highest BCUT2D eigenvalue weighted by Crippen LogP contribution is 2.31. The van der Waals surface area contributed by atoms with Crippen molar-refractivity contribution >= 4 is 33.0 Å². The minimum absolute atomic E-state index is 0.181. The van der Waals surface area contributed by atoms with Crippen LogP contribution in [0.3, 0.4) is 0 Å². The smallest absolute Gasteiger partial charge is 0.312 e. The third-order valence-electron chi connectivity index (χ3n) is 4.26. The van der Waals surface area contributed by atoms with Crippen molar-refractivity contribution in [1.82, 2.24) is 10.2 Å². The molecule has 27 heavy (non-hydrogen) atoms. The lowest BCUT2D eigenvalue weighted by Gasteiger charge is -2.26. The van der Waals surface area contributed by atoms with Gasteiger partial charge in [-0.25, -0.2) is 8.42 Å². The first-order chi connectivity index (χ1) is 13.0. The molecule has 1 saturated heterocycles. The van der Waals surface area contributed by atoms with Crippen molar-refractivity contribution in [3.63, 3.8) is 0 Å². The van der Waals surface area contributed by atoms with Gasteiger partial charge in [-0.05, 0) is 17.0 Å². The van der Waals surface area contributed by atoms with Crippen LogP contribution in [-0.4, -0.2) is 58.0 Å². The molecule has 2 amide bonds. The number of nitrogens with one attached hydrogen (secondary N) is 1. The van der Waals surface area contributed by atoms with Crippen LogP contribution in [0, 0.1) is 0 Å². The Labute approximate surface area is 161 Å². The number of carbonyl (C=O) groups is 2. The van der Waals surface area contributed by atoms with Crippen molar-refractivity contribution in [3.05, 3.63) is 53.4 Å². The summed E-state index contributed by atoms with van der Waals surface area (Å²) in [6.45, 7) is 1.29. The largest absolute Gasteiger partial charge is 0.378 e. The maximum absolute atomic E-state index is 13.0. The second kappa shape index (κ2) is 8.64. The Kier molecular flexibility index (Phi) is 6.25. The van der Waals surface area contributed by atoms with Crippen LogP contribution < -0.4 is 5.32 Å². The van der Waals surface area contributed by atoms with Crippen LogP contribution in [-0.2, 0) is 24.2 Å². The number of rotatable bonds is 5. The second-order valence-electron chi connectivity index (χ2n) is 5.99. The molecule has 3 rings (SSSR count). The summed E-state index contributed by atoms with van der Waals surface area (Å²) in [6, 6.07) is 11.9. The zero-order valence-electron chi connectivity index (χ0n) is 14.5. The first-order valence-corrected chi connectivity index (χ1v) is 10.9. The standard InChI is InChI=1S/C18H20N2O5S2/c21-17(18(22)20-8-10-25-11-9-20)19-13-15(14-5-2-1-3-6-14)27(23,24)16-7-4-12-26-16/h1-7,12,15H,8-11,13H2,(H,19,21)/t15-/m1/s1. The van der Waals surface area contributed by atoms with E-state index in [0.29, 0.717) is 31.9 Å². The number of hydrogen-bond donors (Lipinski definition) is 1. The number of carbonyl (C=O) groups excluding carboxylic acids is 2. The van der Waals surface area contributed by atoms with Crippen LogP contribution in [0.5, 0.6) is 0 Å². The molecule has 2 heterocycles. The number of nitrogens with zero attached hydrogens (tertiary/aromatic N) is 1. The van der Waals surface area contributed by atoms with Crippen LogP contribution >= 0.6 is 11.3 Å². The Morgan fingerprint density at radius 3 is 2.44 bits per heavy atom. The van der Waals surface area contributed by atoms with E-state index in [9.17, 15) is 18.0 Å². The minimum Gasteiger partial charge on any atom is -0.378 e. The molecule has 0 unspecified atom stereocenters. The molecule has 1 atom stereocenters. The van der Waals surface area contributed by atoms with E-state index < -0.39 is 26.9 Å². The number of amides is 2. The van der Waals surface area contributed by atoms with E-state index in [4.69, 9.17) is 4.74 Å². The second-order valence-corrected chi connectivity index (χ2v) is 9.30. The van der Waals surface area contributed by atoms with Crippen molar-refractivity contribution in [2.24, 2.45) is 0 Å². The molecule has 1 aromatic carbocycles. The molecule has 1 aliphatic rings. The average molecular weight is 409 g/mol. The Hall–Kier alpha value is -2.23. The summed E-state index contributed by atoms with van der Waals surface area (Å²) in [7, 11) is -3.70. The van der Waals surface area contributed by atoms with E-state index in [0.717, 1.165) is 11.3 Å². The molecule has 0 saturated carbocycles. The molecule has 1 N–H and O–H groups in total. The number of hydrogen-bond acceptors (Lipinski definition) is 6. The SMILES string of the molecule is O=C(NC[C@H](c1ccccc1)S(=O)(=O)c1cccs1)C(=O)N1CCOCC1. The van der Waals surface area contributed by atoms with E-state index in [1.54, 1.807) is 41.8 Å². The summed E-state index contributed by atoms with van der Waals surface area (Å²) in [5.41, 5.74) is 0.560. The van der Waals surface area contributed by atoms with Gasteiger partial charge in [0.25, 0.3) is 0 Å². The van der Waals surface area contributed by atoms with Crippen LogP contribution in [0.25, 0.3) is 0 Å². The Bertz CT molecular complexity index is 876. The molecule has 1 fully saturated rings. The zero-order valence-corrected chi connectivity index (χ0v) is 16.2. The van der Waals surface area contributed by atoms with Crippen LogP contribution in [0.15, 0.2) is 52.1 Å². The fourth-order valence-corrected chi connectivity index (χ4v) is 5.68. The van der Waals surface area contributed by atoms with E-state index in [1.807, 2.05) is 0 Å². The molecule has 7 nitrogen and oxygen atoms in total. The summed E-state index contributed by atoms with van der Waals surface area (Å²) < 4.78 is 31.4. The number of thiophene rings is 1. The van der Waals surface area contributed by atoms with E-state index in [-0.39, 0.29) is 10.8 Å². The number of ether oxygens (including phenoxy) is 1. The van der Waals surface area contributed by atoms with Crippen molar-refractivity contribution < 1.29 is 22.7 Å². The maximum Gasteiger partial charge on any atom is 0.312 e. The molecule has 2 aromatic rings. The van der Waals surface area contributed by atoms with Gasteiger partial charge in [0, 0.05) is 19.6 Å². The van der Waals surface area contributed by atoms with Crippen molar-refractivity contribution in [2.75, 3.05) is 32.8 Å². The fourth-order valence-electron chi connectivity index (χ4n) is 2.81. The van der Waals surface area contributed by atoms with Gasteiger partial charge < -0.3 is 15.0 Å². The van der Waals surface area contributed by atoms with E-state index in [1.165, 1.54) is 11.0 Å².